The molecule has 1 saturated heterocycles. The second kappa shape index (κ2) is 7.51. The summed E-state index contributed by atoms with van der Waals surface area (Å²) in [6, 6.07) is 5.81. The molecule has 2 aromatic rings. The molecule has 28 heavy (non-hydrogen) atoms. The number of aromatic nitrogens is 1. The minimum Gasteiger partial charge on any atom is -0.507 e. The van der Waals surface area contributed by atoms with Gasteiger partial charge in [-0.3, -0.25) is 4.90 Å². The number of aromatic hydroxyl groups is 1. The van der Waals surface area contributed by atoms with Crippen LogP contribution in [0.5, 0.6) is 5.75 Å². The first-order chi connectivity index (χ1) is 13.6. The van der Waals surface area contributed by atoms with Crippen LogP contribution in [-0.2, 0) is 20.7 Å². The van der Waals surface area contributed by atoms with Crippen LogP contribution in [0, 0.1) is 11.8 Å². The van der Waals surface area contributed by atoms with Gasteiger partial charge in [0.15, 0.2) is 0 Å². The standard InChI is InChI=1S/C22H28N2O4/c1-4-13-11-24-9-8-14-20-17(6-5-7-19(20)25)23-21(14)18(24)10-15(13)16(12-27-2)22(26)28-3/h5-7,12-13,15,18,23,25H,4,8-11H2,1-3H3/t13-,15-,18-/m0/s1. The van der Waals surface area contributed by atoms with E-state index in [-0.39, 0.29) is 17.9 Å². The highest BCUT2D eigenvalue weighted by molar-refractivity contribution is 5.91. The van der Waals surface area contributed by atoms with E-state index in [9.17, 15) is 9.90 Å². The highest BCUT2D eigenvalue weighted by atomic mass is 16.5. The summed E-state index contributed by atoms with van der Waals surface area (Å²) in [6.45, 7) is 4.07. The molecular weight excluding hydrogens is 356 g/mol. The molecule has 6 nitrogen and oxygen atoms in total. The molecule has 0 radical (unpaired) electrons. The van der Waals surface area contributed by atoms with Crippen molar-refractivity contribution in [2.75, 3.05) is 27.3 Å². The number of methoxy groups -OCH3 is 2. The van der Waals surface area contributed by atoms with Crippen LogP contribution in [0.1, 0.15) is 37.1 Å². The van der Waals surface area contributed by atoms with Gasteiger partial charge in [-0.25, -0.2) is 4.79 Å². The Morgan fingerprint density at radius 1 is 1.39 bits per heavy atom. The number of ether oxygens (including phenoxy) is 2. The van der Waals surface area contributed by atoms with Crippen molar-refractivity contribution < 1.29 is 19.4 Å². The monoisotopic (exact) mass is 384 g/mol. The number of benzene rings is 1. The van der Waals surface area contributed by atoms with Gasteiger partial charge in [-0.2, -0.15) is 0 Å². The number of hydrogen-bond donors (Lipinski definition) is 2. The van der Waals surface area contributed by atoms with E-state index < -0.39 is 0 Å². The van der Waals surface area contributed by atoms with Gasteiger partial charge in [0.2, 0.25) is 0 Å². The fraction of sp³-hybridized carbons (Fsp3) is 0.500. The predicted octanol–water partition coefficient (Wildman–Crippen LogP) is 3.52. The maximum Gasteiger partial charge on any atom is 0.337 e. The van der Waals surface area contributed by atoms with Crippen molar-refractivity contribution in [2.45, 2.75) is 32.2 Å². The van der Waals surface area contributed by atoms with E-state index in [0.29, 0.717) is 17.2 Å². The van der Waals surface area contributed by atoms with Gasteiger partial charge in [0.1, 0.15) is 5.75 Å². The molecule has 0 bridgehead atoms. The number of phenols is 1. The normalized spacial score (nSPS) is 25.2. The number of aromatic amines is 1. The Kier molecular flexibility index (Phi) is 5.06. The van der Waals surface area contributed by atoms with E-state index in [1.165, 1.54) is 18.4 Å². The van der Waals surface area contributed by atoms with Crippen LogP contribution in [-0.4, -0.2) is 48.3 Å². The van der Waals surface area contributed by atoms with Gasteiger partial charge in [-0.1, -0.05) is 19.4 Å². The number of hydrogen-bond acceptors (Lipinski definition) is 5. The summed E-state index contributed by atoms with van der Waals surface area (Å²) < 4.78 is 10.3. The summed E-state index contributed by atoms with van der Waals surface area (Å²) in [6.07, 6.45) is 4.29. The highest BCUT2D eigenvalue weighted by Gasteiger charge is 2.42. The molecule has 1 aromatic carbocycles. The van der Waals surface area contributed by atoms with Crippen molar-refractivity contribution in [1.82, 2.24) is 9.88 Å². The maximum atomic E-state index is 12.4. The fourth-order valence-corrected chi connectivity index (χ4v) is 5.13. The van der Waals surface area contributed by atoms with Crippen molar-refractivity contribution in [3.63, 3.8) is 0 Å². The number of rotatable bonds is 4. The number of H-pyrrole nitrogens is 1. The lowest BCUT2D eigenvalue weighted by molar-refractivity contribution is -0.137. The minimum absolute atomic E-state index is 0.0737. The topological polar surface area (TPSA) is 74.8 Å². The Hall–Kier alpha value is -2.47. The quantitative estimate of drug-likeness (QED) is 0.479. The van der Waals surface area contributed by atoms with E-state index in [1.54, 1.807) is 19.4 Å². The second-order valence-electron chi connectivity index (χ2n) is 7.79. The van der Waals surface area contributed by atoms with Crippen molar-refractivity contribution in [2.24, 2.45) is 11.8 Å². The molecule has 1 fully saturated rings. The van der Waals surface area contributed by atoms with E-state index in [0.717, 1.165) is 43.3 Å². The molecular formula is C22H28N2O4. The molecule has 0 amide bonds. The molecule has 0 unspecified atom stereocenters. The van der Waals surface area contributed by atoms with E-state index in [2.05, 4.69) is 16.8 Å². The van der Waals surface area contributed by atoms with E-state index in [4.69, 9.17) is 9.47 Å². The summed E-state index contributed by atoms with van der Waals surface area (Å²) in [7, 11) is 2.99. The first kappa shape index (κ1) is 18.9. The van der Waals surface area contributed by atoms with Crippen LogP contribution < -0.4 is 0 Å². The molecule has 1 aromatic heterocycles. The third kappa shape index (κ3) is 2.96. The van der Waals surface area contributed by atoms with Crippen molar-refractivity contribution in [3.05, 3.63) is 41.3 Å². The van der Waals surface area contributed by atoms with Gasteiger partial charge < -0.3 is 19.6 Å². The van der Waals surface area contributed by atoms with Gasteiger partial charge in [0, 0.05) is 29.7 Å². The van der Waals surface area contributed by atoms with Crippen LogP contribution >= 0.6 is 0 Å². The van der Waals surface area contributed by atoms with Crippen LogP contribution in [0.25, 0.3) is 10.9 Å². The lowest BCUT2D eigenvalue weighted by Gasteiger charge is -2.46. The Labute approximate surface area is 165 Å². The molecule has 0 spiro atoms. The number of piperidine rings is 1. The zero-order valence-electron chi connectivity index (χ0n) is 16.7. The van der Waals surface area contributed by atoms with E-state index in [1.807, 2.05) is 12.1 Å². The van der Waals surface area contributed by atoms with Gasteiger partial charge >= 0.3 is 5.97 Å². The van der Waals surface area contributed by atoms with Gasteiger partial charge in [0.25, 0.3) is 0 Å². The Morgan fingerprint density at radius 2 is 2.21 bits per heavy atom. The summed E-state index contributed by atoms with van der Waals surface area (Å²) >= 11 is 0. The van der Waals surface area contributed by atoms with Crippen LogP contribution in [0.15, 0.2) is 30.0 Å². The SMILES string of the molecule is CC[C@H]1CN2CCc3c([nH]c4cccc(O)c34)[C@@H]2C[C@@H]1C(=COC)C(=O)OC. The number of nitrogens with one attached hydrogen (secondary N) is 1. The largest absolute Gasteiger partial charge is 0.507 e. The number of phenolic OH excluding ortho intramolecular Hbond substituents is 1. The number of carbonyl (C=O) groups is 1. The molecule has 2 aliphatic rings. The molecule has 150 valence electrons. The number of fused-ring (bicyclic) bond motifs is 5. The lowest BCUT2D eigenvalue weighted by Crippen LogP contribution is -2.47. The third-order valence-electron chi connectivity index (χ3n) is 6.47. The van der Waals surface area contributed by atoms with Gasteiger partial charge in [-0.15, -0.1) is 0 Å². The fourth-order valence-electron chi connectivity index (χ4n) is 5.13. The average molecular weight is 384 g/mol. The summed E-state index contributed by atoms with van der Waals surface area (Å²) in [4.78, 5) is 18.5. The molecule has 0 aliphatic carbocycles. The van der Waals surface area contributed by atoms with E-state index >= 15 is 0 Å². The van der Waals surface area contributed by atoms with Crippen molar-refractivity contribution >= 4 is 16.9 Å². The molecule has 0 saturated carbocycles. The smallest absolute Gasteiger partial charge is 0.337 e. The first-order valence-electron chi connectivity index (χ1n) is 9.96. The first-order valence-corrected chi connectivity index (χ1v) is 9.96. The lowest BCUT2D eigenvalue weighted by atomic mass is 9.74. The zero-order valence-corrected chi connectivity index (χ0v) is 16.7. The molecule has 3 heterocycles. The second-order valence-corrected chi connectivity index (χ2v) is 7.79. The van der Waals surface area contributed by atoms with Gasteiger partial charge in [-0.05, 0) is 42.4 Å². The maximum absolute atomic E-state index is 12.4. The molecule has 2 aliphatic heterocycles. The average Bonchev–Trinajstić information content (AvgIpc) is 3.10. The van der Waals surface area contributed by atoms with Crippen LogP contribution in [0.3, 0.4) is 0 Å². The minimum atomic E-state index is -0.316. The Morgan fingerprint density at radius 3 is 2.93 bits per heavy atom. The number of carbonyl (C=O) groups excluding carboxylic acids is 1. The molecule has 6 heteroatoms. The summed E-state index contributed by atoms with van der Waals surface area (Å²) in [5.41, 5.74) is 3.96. The van der Waals surface area contributed by atoms with Crippen molar-refractivity contribution in [3.8, 4) is 5.75 Å². The summed E-state index contributed by atoms with van der Waals surface area (Å²) in [5.74, 6) is 0.460. The zero-order chi connectivity index (χ0) is 19.8. The predicted molar refractivity (Wildman–Crippen MR) is 107 cm³/mol. The number of nitrogens with zero attached hydrogens (tertiary/aromatic N) is 1. The van der Waals surface area contributed by atoms with Gasteiger partial charge in [0.05, 0.1) is 32.1 Å². The molecule has 3 atom stereocenters. The van der Waals surface area contributed by atoms with Crippen LogP contribution in [0.4, 0.5) is 0 Å². The highest BCUT2D eigenvalue weighted by Crippen LogP contribution is 2.46. The van der Waals surface area contributed by atoms with Crippen LogP contribution in [0.2, 0.25) is 0 Å². The third-order valence-corrected chi connectivity index (χ3v) is 6.47. The number of esters is 1. The molecule has 2 N–H and O–H groups in total. The molecule has 4 rings (SSSR count). The Balaban J connectivity index is 1.75. The van der Waals surface area contributed by atoms with Crippen molar-refractivity contribution in [1.29, 1.82) is 0 Å². The summed E-state index contributed by atoms with van der Waals surface area (Å²) in [5, 5.41) is 11.3. The Bertz CT molecular complexity index is 917.